The van der Waals surface area contributed by atoms with E-state index in [0.717, 1.165) is 41.1 Å². The monoisotopic (exact) mass is 630 g/mol. The Morgan fingerprint density at radius 1 is 1.02 bits per heavy atom. The summed E-state index contributed by atoms with van der Waals surface area (Å²) in [5.41, 5.74) is 4.25. The number of amidine groups is 1. The van der Waals surface area contributed by atoms with E-state index in [1.807, 2.05) is 51.8 Å². The molecule has 0 saturated heterocycles. The van der Waals surface area contributed by atoms with E-state index in [2.05, 4.69) is 10.6 Å². The Bertz CT molecular complexity index is 1550. The second-order valence-electron chi connectivity index (χ2n) is 11.3. The highest BCUT2D eigenvalue weighted by atomic mass is 35.5. The summed E-state index contributed by atoms with van der Waals surface area (Å²) in [5.74, 6) is -0.154. The van der Waals surface area contributed by atoms with Gasteiger partial charge in [-0.3, -0.25) is 9.59 Å². The molecule has 0 bridgehead atoms. The molecular weight excluding hydrogens is 598 g/mol. The zero-order valence-corrected chi connectivity index (χ0v) is 26.6. The molecule has 10 heteroatoms. The molecule has 1 heterocycles. The minimum atomic E-state index is -0.524. The molecule has 0 saturated carbocycles. The van der Waals surface area contributed by atoms with Gasteiger partial charge in [-0.25, -0.2) is 9.38 Å². The number of carbonyl (C=O) groups excluding carboxylic acids is 2. The first-order valence-corrected chi connectivity index (χ1v) is 14.9. The Kier molecular flexibility index (Phi) is 9.86. The Labute approximate surface area is 261 Å². The fourth-order valence-electron chi connectivity index (χ4n) is 4.78. The first kappa shape index (κ1) is 31.8. The molecule has 0 spiro atoms. The molecule has 6 nitrogen and oxygen atoms in total. The smallest absolute Gasteiger partial charge is 0.255 e. The number of rotatable bonds is 6. The molecule has 4 rings (SSSR count). The largest absolute Gasteiger partial charge is 0.352 e. The van der Waals surface area contributed by atoms with E-state index in [1.54, 1.807) is 12.1 Å². The molecule has 0 radical (unpaired) electrons. The van der Waals surface area contributed by atoms with Crippen LogP contribution in [0.2, 0.25) is 15.1 Å². The number of benzene rings is 3. The molecule has 42 heavy (non-hydrogen) atoms. The number of aryl methyl sites for hydroxylation is 2. The average molecular weight is 632 g/mol. The predicted molar refractivity (Wildman–Crippen MR) is 171 cm³/mol. The molecule has 2 N–H and O–H groups in total. The van der Waals surface area contributed by atoms with E-state index in [1.165, 1.54) is 18.2 Å². The van der Waals surface area contributed by atoms with Crippen LogP contribution in [0.3, 0.4) is 0 Å². The first-order valence-electron chi connectivity index (χ1n) is 13.8. The molecule has 3 aromatic rings. The number of hydrogen-bond donors (Lipinski definition) is 2. The number of amides is 2. The van der Waals surface area contributed by atoms with E-state index < -0.39 is 11.2 Å². The molecule has 2 amide bonds. The SMILES string of the molecule is CCc1cc2c(cc1C(=O)Nc1cc(F)cc(Cl)c1)CCCC(=Nc1c(Cl)ccc(CNC(=O)C(C)(C)C)c1Cl)N2C. The van der Waals surface area contributed by atoms with Gasteiger partial charge in [0.25, 0.3) is 5.91 Å². The number of carbonyl (C=O) groups is 2. The van der Waals surface area contributed by atoms with Crippen molar-refractivity contribution < 1.29 is 14.0 Å². The van der Waals surface area contributed by atoms with Crippen LogP contribution in [0.4, 0.5) is 21.5 Å². The lowest BCUT2D eigenvalue weighted by Crippen LogP contribution is -2.34. The van der Waals surface area contributed by atoms with Crippen molar-refractivity contribution in [2.75, 3.05) is 17.3 Å². The van der Waals surface area contributed by atoms with Crippen molar-refractivity contribution in [3.05, 3.63) is 85.6 Å². The molecule has 0 aromatic heterocycles. The number of hydrogen-bond acceptors (Lipinski definition) is 3. The minimum absolute atomic E-state index is 0.0824. The number of fused-ring (bicyclic) bond motifs is 1. The van der Waals surface area contributed by atoms with Gasteiger partial charge in [0.15, 0.2) is 0 Å². The number of nitrogens with one attached hydrogen (secondary N) is 2. The predicted octanol–water partition coefficient (Wildman–Crippen LogP) is 8.77. The average Bonchev–Trinajstić information content (AvgIpc) is 3.06. The summed E-state index contributed by atoms with van der Waals surface area (Å²) in [5, 5.41) is 6.71. The summed E-state index contributed by atoms with van der Waals surface area (Å²) < 4.78 is 13.8. The van der Waals surface area contributed by atoms with Crippen LogP contribution in [0, 0.1) is 11.2 Å². The Morgan fingerprint density at radius 2 is 1.76 bits per heavy atom. The quantitative estimate of drug-likeness (QED) is 0.286. The van der Waals surface area contributed by atoms with Crippen LogP contribution in [0.15, 0.2) is 47.5 Å². The van der Waals surface area contributed by atoms with Crippen molar-refractivity contribution >= 4 is 69.5 Å². The maximum absolute atomic E-state index is 13.8. The molecular formula is C32H34Cl3FN4O2. The van der Waals surface area contributed by atoms with Gasteiger partial charge in [-0.1, -0.05) is 68.6 Å². The van der Waals surface area contributed by atoms with Gasteiger partial charge in [-0.2, -0.15) is 0 Å². The lowest BCUT2D eigenvalue weighted by molar-refractivity contribution is -0.128. The van der Waals surface area contributed by atoms with Crippen molar-refractivity contribution in [2.45, 2.75) is 59.9 Å². The van der Waals surface area contributed by atoms with E-state index in [0.29, 0.717) is 39.8 Å². The number of aliphatic imine (C=N–C) groups is 1. The van der Waals surface area contributed by atoms with Gasteiger partial charge in [-0.05, 0) is 72.4 Å². The second kappa shape index (κ2) is 13.0. The molecule has 3 aromatic carbocycles. The van der Waals surface area contributed by atoms with E-state index in [-0.39, 0.29) is 23.4 Å². The number of nitrogens with zero attached hydrogens (tertiary/aromatic N) is 2. The highest BCUT2D eigenvalue weighted by molar-refractivity contribution is 6.39. The molecule has 0 atom stereocenters. The van der Waals surface area contributed by atoms with Crippen LogP contribution >= 0.6 is 34.8 Å². The normalized spacial score (nSPS) is 14.4. The zero-order chi connectivity index (χ0) is 30.8. The molecule has 0 unspecified atom stereocenters. The number of anilines is 2. The maximum Gasteiger partial charge on any atom is 0.255 e. The van der Waals surface area contributed by atoms with Crippen LogP contribution in [-0.2, 0) is 24.2 Å². The Hall–Kier alpha value is -3.13. The van der Waals surface area contributed by atoms with Crippen molar-refractivity contribution in [1.29, 1.82) is 0 Å². The summed E-state index contributed by atoms with van der Waals surface area (Å²) >= 11 is 19.3. The van der Waals surface area contributed by atoms with Gasteiger partial charge in [0.2, 0.25) is 5.91 Å². The highest BCUT2D eigenvalue weighted by Crippen LogP contribution is 2.38. The third-order valence-electron chi connectivity index (χ3n) is 7.15. The summed E-state index contributed by atoms with van der Waals surface area (Å²) in [6.45, 7) is 7.79. The Morgan fingerprint density at radius 3 is 2.43 bits per heavy atom. The number of halogens is 4. The third-order valence-corrected chi connectivity index (χ3v) is 8.10. The first-order chi connectivity index (χ1) is 19.8. The lowest BCUT2D eigenvalue weighted by Gasteiger charge is -2.24. The minimum Gasteiger partial charge on any atom is -0.352 e. The van der Waals surface area contributed by atoms with Gasteiger partial charge >= 0.3 is 0 Å². The fraction of sp³-hybridized carbons (Fsp3) is 0.344. The van der Waals surface area contributed by atoms with Crippen LogP contribution in [0.25, 0.3) is 0 Å². The summed E-state index contributed by atoms with van der Waals surface area (Å²) in [6, 6.07) is 11.4. The fourth-order valence-corrected chi connectivity index (χ4v) is 5.53. The Balaban J connectivity index is 1.65. The van der Waals surface area contributed by atoms with Gasteiger partial charge in [0.1, 0.15) is 17.3 Å². The van der Waals surface area contributed by atoms with E-state index in [4.69, 9.17) is 39.8 Å². The molecule has 0 fully saturated rings. The summed E-state index contributed by atoms with van der Waals surface area (Å²) in [6.07, 6.45) is 2.79. The molecule has 222 valence electrons. The summed E-state index contributed by atoms with van der Waals surface area (Å²) in [7, 11) is 1.94. The molecule has 0 aliphatic carbocycles. The van der Waals surface area contributed by atoms with Gasteiger partial charge in [-0.15, -0.1) is 0 Å². The summed E-state index contributed by atoms with van der Waals surface area (Å²) in [4.78, 5) is 32.6. The van der Waals surface area contributed by atoms with Crippen LogP contribution < -0.4 is 15.5 Å². The zero-order valence-electron chi connectivity index (χ0n) is 24.3. The van der Waals surface area contributed by atoms with Gasteiger partial charge < -0.3 is 15.5 Å². The van der Waals surface area contributed by atoms with Crippen molar-refractivity contribution in [3.8, 4) is 0 Å². The van der Waals surface area contributed by atoms with E-state index >= 15 is 0 Å². The van der Waals surface area contributed by atoms with Gasteiger partial charge in [0, 0.05) is 47.4 Å². The lowest BCUT2D eigenvalue weighted by atomic mass is 9.95. The molecule has 1 aliphatic rings. The molecule has 1 aliphatic heterocycles. The van der Waals surface area contributed by atoms with Crippen molar-refractivity contribution in [1.82, 2.24) is 5.32 Å². The van der Waals surface area contributed by atoms with Crippen LogP contribution in [0.1, 0.15) is 67.6 Å². The highest BCUT2D eigenvalue weighted by Gasteiger charge is 2.24. The van der Waals surface area contributed by atoms with Crippen LogP contribution in [0.5, 0.6) is 0 Å². The van der Waals surface area contributed by atoms with Crippen molar-refractivity contribution in [2.24, 2.45) is 10.4 Å². The third kappa shape index (κ3) is 7.25. The van der Waals surface area contributed by atoms with E-state index in [9.17, 15) is 14.0 Å². The second-order valence-corrected chi connectivity index (χ2v) is 12.6. The standard InChI is InChI=1S/C32H34Cl3FN4O2/c1-6-18-13-26-19(12-24(18)30(41)38-23-15-21(33)14-22(36)16-23)8-7-9-27(40(26)5)39-29-25(34)11-10-20(28(29)35)17-37-31(42)32(2,3)4/h10-16H,6-9,17H2,1-5H3,(H,37,42)(H,38,41). The van der Waals surface area contributed by atoms with Gasteiger partial charge in [0.05, 0.1) is 10.0 Å². The maximum atomic E-state index is 13.8. The van der Waals surface area contributed by atoms with Crippen molar-refractivity contribution in [3.63, 3.8) is 0 Å². The topological polar surface area (TPSA) is 73.8 Å². The van der Waals surface area contributed by atoms with Crippen LogP contribution in [-0.4, -0.2) is 24.7 Å².